The van der Waals surface area contributed by atoms with Gasteiger partial charge in [0, 0.05) is 18.5 Å². The van der Waals surface area contributed by atoms with Gasteiger partial charge in [-0.05, 0) is 37.6 Å². The van der Waals surface area contributed by atoms with E-state index in [1.807, 2.05) is 67.3 Å². The minimum atomic E-state index is -0.116. The number of nitrogens with zero attached hydrogens (tertiary/aromatic N) is 3. The molecule has 1 saturated heterocycles. The summed E-state index contributed by atoms with van der Waals surface area (Å²) in [6.07, 6.45) is 0.366. The molecule has 0 saturated carbocycles. The molecular formula is C23H25N3O4. The Balaban J connectivity index is 1.51. The molecule has 2 atom stereocenters. The standard InChI is InChI=1S/C23H25N3O4/c1-4-29-19-11-10-17(12-20(19)28-3)22-24-23(30-25-22)18-13-21(27)26(14-18)15(2)16-8-6-5-7-9-16/h5-12,15,18H,4,13-14H2,1-3H3. The third kappa shape index (κ3) is 3.87. The van der Waals surface area contributed by atoms with Crippen LogP contribution in [0, 0.1) is 0 Å². The van der Waals surface area contributed by atoms with E-state index >= 15 is 0 Å². The molecule has 1 aliphatic rings. The van der Waals surface area contributed by atoms with E-state index in [2.05, 4.69) is 10.1 Å². The Hall–Kier alpha value is -3.35. The van der Waals surface area contributed by atoms with Gasteiger partial charge in [-0.25, -0.2) is 0 Å². The molecule has 7 heteroatoms. The van der Waals surface area contributed by atoms with Crippen LogP contribution in [0.1, 0.15) is 43.7 Å². The fourth-order valence-electron chi connectivity index (χ4n) is 3.78. The van der Waals surface area contributed by atoms with Crippen molar-refractivity contribution in [1.82, 2.24) is 15.0 Å². The highest BCUT2D eigenvalue weighted by Gasteiger charge is 2.37. The van der Waals surface area contributed by atoms with Crippen molar-refractivity contribution >= 4 is 5.91 Å². The van der Waals surface area contributed by atoms with Crippen LogP contribution >= 0.6 is 0 Å². The molecule has 2 unspecified atom stereocenters. The molecule has 156 valence electrons. The summed E-state index contributed by atoms with van der Waals surface area (Å²) in [4.78, 5) is 19.1. The van der Waals surface area contributed by atoms with Gasteiger partial charge in [0.25, 0.3) is 0 Å². The topological polar surface area (TPSA) is 77.7 Å². The first-order valence-corrected chi connectivity index (χ1v) is 10.1. The lowest BCUT2D eigenvalue weighted by molar-refractivity contribution is -0.129. The number of amides is 1. The summed E-state index contributed by atoms with van der Waals surface area (Å²) in [5, 5.41) is 4.12. The summed E-state index contributed by atoms with van der Waals surface area (Å²) in [5.74, 6) is 2.20. The number of rotatable bonds is 7. The average Bonchev–Trinajstić information content (AvgIpc) is 3.41. The van der Waals surface area contributed by atoms with Crippen LogP contribution in [0.15, 0.2) is 53.1 Å². The zero-order chi connectivity index (χ0) is 21.1. The van der Waals surface area contributed by atoms with Crippen molar-refractivity contribution in [3.05, 3.63) is 60.0 Å². The molecule has 0 N–H and O–H groups in total. The van der Waals surface area contributed by atoms with Gasteiger partial charge in [0.2, 0.25) is 17.6 Å². The molecule has 1 aromatic heterocycles. The van der Waals surface area contributed by atoms with Crippen molar-refractivity contribution in [3.63, 3.8) is 0 Å². The van der Waals surface area contributed by atoms with E-state index in [0.717, 1.165) is 11.1 Å². The smallest absolute Gasteiger partial charge is 0.232 e. The van der Waals surface area contributed by atoms with E-state index in [-0.39, 0.29) is 17.9 Å². The normalized spacial score (nSPS) is 17.2. The van der Waals surface area contributed by atoms with Crippen molar-refractivity contribution in [3.8, 4) is 22.9 Å². The number of aromatic nitrogens is 2. The number of likely N-dealkylation sites (tertiary alicyclic amines) is 1. The van der Waals surface area contributed by atoms with Crippen LogP contribution in [0.25, 0.3) is 11.4 Å². The molecule has 0 bridgehead atoms. The number of carbonyl (C=O) groups excluding carboxylic acids is 1. The van der Waals surface area contributed by atoms with Crippen LogP contribution in [0.3, 0.4) is 0 Å². The van der Waals surface area contributed by atoms with E-state index in [0.29, 0.717) is 42.8 Å². The summed E-state index contributed by atoms with van der Waals surface area (Å²) in [7, 11) is 1.59. The fraction of sp³-hybridized carbons (Fsp3) is 0.348. The quantitative estimate of drug-likeness (QED) is 0.584. The molecule has 0 aliphatic carbocycles. The van der Waals surface area contributed by atoms with Crippen LogP contribution in [0.2, 0.25) is 0 Å². The molecule has 1 aliphatic heterocycles. The monoisotopic (exact) mass is 407 g/mol. The van der Waals surface area contributed by atoms with Gasteiger partial charge < -0.3 is 18.9 Å². The third-order valence-corrected chi connectivity index (χ3v) is 5.42. The number of methoxy groups -OCH3 is 1. The fourth-order valence-corrected chi connectivity index (χ4v) is 3.78. The predicted molar refractivity (Wildman–Crippen MR) is 111 cm³/mol. The first kappa shape index (κ1) is 19.9. The minimum absolute atomic E-state index is 0.00135. The van der Waals surface area contributed by atoms with Gasteiger partial charge in [0.05, 0.1) is 25.7 Å². The van der Waals surface area contributed by atoms with Gasteiger partial charge in [-0.3, -0.25) is 4.79 Å². The lowest BCUT2D eigenvalue weighted by atomic mass is 10.1. The zero-order valence-electron chi connectivity index (χ0n) is 17.4. The average molecular weight is 407 g/mol. The number of carbonyl (C=O) groups is 1. The van der Waals surface area contributed by atoms with Crippen LogP contribution in [-0.2, 0) is 4.79 Å². The van der Waals surface area contributed by atoms with Crippen molar-refractivity contribution in [1.29, 1.82) is 0 Å². The summed E-state index contributed by atoms with van der Waals surface area (Å²) in [6.45, 7) is 5.07. The summed E-state index contributed by atoms with van der Waals surface area (Å²) in [6, 6.07) is 15.5. The number of hydrogen-bond acceptors (Lipinski definition) is 6. The first-order chi connectivity index (χ1) is 14.6. The van der Waals surface area contributed by atoms with Crippen molar-refractivity contribution < 1.29 is 18.8 Å². The van der Waals surface area contributed by atoms with Gasteiger partial charge in [0.15, 0.2) is 11.5 Å². The van der Waals surface area contributed by atoms with Gasteiger partial charge in [-0.2, -0.15) is 4.98 Å². The Morgan fingerprint density at radius 1 is 1.20 bits per heavy atom. The predicted octanol–water partition coefficient (Wildman–Crippen LogP) is 4.22. The highest BCUT2D eigenvalue weighted by Crippen LogP contribution is 2.35. The Kier molecular flexibility index (Phi) is 5.70. The Bertz CT molecular complexity index is 1020. The van der Waals surface area contributed by atoms with Gasteiger partial charge in [-0.1, -0.05) is 35.5 Å². The van der Waals surface area contributed by atoms with Crippen LogP contribution < -0.4 is 9.47 Å². The van der Waals surface area contributed by atoms with E-state index in [9.17, 15) is 4.79 Å². The van der Waals surface area contributed by atoms with E-state index in [1.165, 1.54) is 0 Å². The Morgan fingerprint density at radius 2 is 2.00 bits per heavy atom. The molecule has 4 rings (SSSR count). The van der Waals surface area contributed by atoms with E-state index in [4.69, 9.17) is 14.0 Å². The molecular weight excluding hydrogens is 382 g/mol. The second-order valence-corrected chi connectivity index (χ2v) is 7.29. The largest absolute Gasteiger partial charge is 0.493 e. The number of hydrogen-bond donors (Lipinski definition) is 0. The van der Waals surface area contributed by atoms with E-state index < -0.39 is 0 Å². The van der Waals surface area contributed by atoms with Crippen molar-refractivity contribution in [2.24, 2.45) is 0 Å². The number of ether oxygens (including phenoxy) is 2. The minimum Gasteiger partial charge on any atom is -0.493 e. The first-order valence-electron chi connectivity index (χ1n) is 10.1. The lowest BCUT2D eigenvalue weighted by Crippen LogP contribution is -2.28. The molecule has 30 heavy (non-hydrogen) atoms. The molecule has 2 aromatic carbocycles. The van der Waals surface area contributed by atoms with Gasteiger partial charge in [-0.15, -0.1) is 0 Å². The maximum atomic E-state index is 12.6. The molecule has 1 fully saturated rings. The highest BCUT2D eigenvalue weighted by atomic mass is 16.5. The third-order valence-electron chi connectivity index (χ3n) is 5.42. The molecule has 0 radical (unpaired) electrons. The Morgan fingerprint density at radius 3 is 2.73 bits per heavy atom. The number of benzene rings is 2. The van der Waals surface area contributed by atoms with Crippen LogP contribution in [-0.4, -0.2) is 41.2 Å². The van der Waals surface area contributed by atoms with Crippen LogP contribution in [0.4, 0.5) is 0 Å². The molecule has 1 amide bonds. The molecule has 3 aromatic rings. The zero-order valence-corrected chi connectivity index (χ0v) is 17.4. The summed E-state index contributed by atoms with van der Waals surface area (Å²) < 4.78 is 16.5. The SMILES string of the molecule is CCOc1ccc(-c2noc(C3CC(=O)N(C(C)c4ccccc4)C3)n2)cc1OC. The second-order valence-electron chi connectivity index (χ2n) is 7.29. The molecule has 7 nitrogen and oxygen atoms in total. The highest BCUT2D eigenvalue weighted by molar-refractivity contribution is 5.80. The van der Waals surface area contributed by atoms with Crippen LogP contribution in [0.5, 0.6) is 11.5 Å². The lowest BCUT2D eigenvalue weighted by Gasteiger charge is -2.24. The Labute approximate surface area is 175 Å². The van der Waals surface area contributed by atoms with Crippen molar-refractivity contribution in [2.75, 3.05) is 20.3 Å². The van der Waals surface area contributed by atoms with Crippen molar-refractivity contribution in [2.45, 2.75) is 32.2 Å². The van der Waals surface area contributed by atoms with E-state index in [1.54, 1.807) is 7.11 Å². The summed E-state index contributed by atoms with van der Waals surface area (Å²) >= 11 is 0. The van der Waals surface area contributed by atoms with Gasteiger partial charge in [0.1, 0.15) is 0 Å². The summed E-state index contributed by atoms with van der Waals surface area (Å²) in [5.41, 5.74) is 1.88. The maximum Gasteiger partial charge on any atom is 0.232 e. The maximum absolute atomic E-state index is 12.6. The second kappa shape index (κ2) is 8.57. The molecule has 2 heterocycles. The molecule has 0 spiro atoms. The van der Waals surface area contributed by atoms with Gasteiger partial charge >= 0.3 is 0 Å².